The van der Waals surface area contributed by atoms with Crippen LogP contribution in [0.5, 0.6) is 0 Å². The molecule has 246 valence electrons. The first-order chi connectivity index (χ1) is 25.5. The minimum absolute atomic E-state index is 0.136. The van der Waals surface area contributed by atoms with Gasteiger partial charge in [0.15, 0.2) is 0 Å². The van der Waals surface area contributed by atoms with Crippen LogP contribution in [0.25, 0.3) is 83.3 Å². The van der Waals surface area contributed by atoms with Gasteiger partial charge in [0.05, 0.1) is 16.7 Å². The molecule has 0 saturated carbocycles. The van der Waals surface area contributed by atoms with Crippen molar-refractivity contribution in [2.24, 2.45) is 0 Å². The smallest absolute Gasteiger partial charge is 0.0717 e. The molecule has 0 N–H and O–H groups in total. The molecule has 0 atom stereocenters. The molecule has 1 aliphatic rings. The topological polar surface area (TPSA) is 30.7 Å². The average Bonchev–Trinajstić information content (AvgIpc) is 3.66. The summed E-state index contributed by atoms with van der Waals surface area (Å²) in [6.07, 6.45) is 5.57. The Hall–Kier alpha value is -6.58. The van der Waals surface area contributed by atoms with Gasteiger partial charge in [-0.1, -0.05) is 117 Å². The van der Waals surface area contributed by atoms with Gasteiger partial charge in [-0.15, -0.1) is 0 Å². The molecule has 9 aromatic rings. The molecule has 10 rings (SSSR count). The second-order valence-electron chi connectivity index (χ2n) is 14.3. The van der Waals surface area contributed by atoms with E-state index >= 15 is 0 Å². The van der Waals surface area contributed by atoms with E-state index in [1.807, 2.05) is 24.5 Å². The Labute approximate surface area is 303 Å². The molecule has 3 heteroatoms. The molecule has 0 aliphatic heterocycles. The van der Waals surface area contributed by atoms with E-state index < -0.39 is 0 Å². The second-order valence-corrected chi connectivity index (χ2v) is 14.3. The number of benzene rings is 6. The summed E-state index contributed by atoms with van der Waals surface area (Å²) in [5, 5.41) is 2.56. The molecule has 6 aromatic carbocycles. The third-order valence-corrected chi connectivity index (χ3v) is 11.0. The normalized spacial score (nSPS) is 13.0. The minimum Gasteiger partial charge on any atom is -0.309 e. The van der Waals surface area contributed by atoms with Crippen molar-refractivity contribution in [3.63, 3.8) is 0 Å². The summed E-state index contributed by atoms with van der Waals surface area (Å²) >= 11 is 0. The van der Waals surface area contributed by atoms with Crippen molar-refractivity contribution in [3.8, 4) is 61.5 Å². The van der Waals surface area contributed by atoms with Crippen LogP contribution in [0.15, 0.2) is 176 Å². The molecule has 0 radical (unpaired) electrons. The molecular formula is C49H35N3. The Kier molecular flexibility index (Phi) is 6.84. The number of pyridine rings is 2. The van der Waals surface area contributed by atoms with Crippen LogP contribution >= 0.6 is 0 Å². The first-order valence-electron chi connectivity index (χ1n) is 17.9. The van der Waals surface area contributed by atoms with Crippen LogP contribution in [-0.2, 0) is 5.41 Å². The number of fused-ring (bicyclic) bond motifs is 6. The summed E-state index contributed by atoms with van der Waals surface area (Å²) in [4.78, 5) is 8.93. The van der Waals surface area contributed by atoms with Gasteiger partial charge >= 0.3 is 0 Å². The van der Waals surface area contributed by atoms with Crippen molar-refractivity contribution < 1.29 is 0 Å². The van der Waals surface area contributed by atoms with E-state index in [0.717, 1.165) is 22.4 Å². The van der Waals surface area contributed by atoms with E-state index in [2.05, 4.69) is 169 Å². The van der Waals surface area contributed by atoms with Crippen molar-refractivity contribution in [1.29, 1.82) is 0 Å². The largest absolute Gasteiger partial charge is 0.309 e. The number of aromatic nitrogens is 3. The molecule has 3 nitrogen and oxygen atoms in total. The molecular weight excluding hydrogens is 631 g/mol. The Morgan fingerprint density at radius 1 is 0.442 bits per heavy atom. The molecule has 0 unspecified atom stereocenters. The van der Waals surface area contributed by atoms with Crippen LogP contribution in [0, 0.1) is 0 Å². The first-order valence-corrected chi connectivity index (χ1v) is 17.9. The lowest BCUT2D eigenvalue weighted by Crippen LogP contribution is -2.15. The van der Waals surface area contributed by atoms with Crippen LogP contribution in [0.1, 0.15) is 25.0 Å². The standard InChI is InChI=1S/C49H35N3/c1-49(2)44-28-35(32-16-18-33(19-17-32)37-22-25-46(51-31-37)38-10-8-26-50-30-38)20-23-40(44)41-24-21-36(29-45(41)49)34-9-7-11-39(27-34)52-47-14-5-3-12-42(47)43-13-4-6-15-48(43)52/h3-31H,1-2H3. The lowest BCUT2D eigenvalue weighted by Gasteiger charge is -2.23. The molecule has 3 heterocycles. The third-order valence-electron chi connectivity index (χ3n) is 11.0. The molecule has 1 aliphatic carbocycles. The summed E-state index contributed by atoms with van der Waals surface area (Å²) in [6.45, 7) is 4.73. The van der Waals surface area contributed by atoms with E-state index in [1.165, 1.54) is 72.0 Å². The summed E-state index contributed by atoms with van der Waals surface area (Å²) in [6, 6.07) is 57.4. The summed E-state index contributed by atoms with van der Waals surface area (Å²) in [5.41, 5.74) is 18.0. The quantitative estimate of drug-likeness (QED) is 0.183. The van der Waals surface area contributed by atoms with E-state index in [9.17, 15) is 0 Å². The monoisotopic (exact) mass is 665 g/mol. The van der Waals surface area contributed by atoms with Crippen LogP contribution in [0.2, 0.25) is 0 Å². The summed E-state index contributed by atoms with van der Waals surface area (Å²) in [7, 11) is 0. The zero-order valence-corrected chi connectivity index (χ0v) is 29.1. The molecule has 3 aromatic heterocycles. The van der Waals surface area contributed by atoms with Gasteiger partial charge in [0.1, 0.15) is 0 Å². The maximum atomic E-state index is 4.70. The van der Waals surface area contributed by atoms with Crippen LogP contribution in [0.4, 0.5) is 0 Å². The van der Waals surface area contributed by atoms with Gasteiger partial charge in [0, 0.05) is 51.6 Å². The Bertz CT molecular complexity index is 2740. The fraction of sp³-hybridized carbons (Fsp3) is 0.0612. The maximum absolute atomic E-state index is 4.70. The van der Waals surface area contributed by atoms with Crippen molar-refractivity contribution in [2.45, 2.75) is 19.3 Å². The predicted octanol–water partition coefficient (Wildman–Crippen LogP) is 12.5. The van der Waals surface area contributed by atoms with Gasteiger partial charge in [-0.2, -0.15) is 0 Å². The predicted molar refractivity (Wildman–Crippen MR) is 216 cm³/mol. The number of nitrogens with zero attached hydrogens (tertiary/aromatic N) is 3. The van der Waals surface area contributed by atoms with Crippen molar-refractivity contribution in [1.82, 2.24) is 14.5 Å². The lowest BCUT2D eigenvalue weighted by molar-refractivity contribution is 0.661. The Morgan fingerprint density at radius 2 is 1.00 bits per heavy atom. The van der Waals surface area contributed by atoms with Gasteiger partial charge in [-0.3, -0.25) is 9.97 Å². The molecule has 0 amide bonds. The maximum Gasteiger partial charge on any atom is 0.0717 e. The molecule has 0 spiro atoms. The van der Waals surface area contributed by atoms with Crippen LogP contribution < -0.4 is 0 Å². The van der Waals surface area contributed by atoms with E-state index in [0.29, 0.717) is 0 Å². The highest BCUT2D eigenvalue weighted by molar-refractivity contribution is 6.09. The highest BCUT2D eigenvalue weighted by atomic mass is 15.0. The van der Waals surface area contributed by atoms with Gasteiger partial charge in [-0.25, -0.2) is 0 Å². The lowest BCUT2D eigenvalue weighted by atomic mass is 9.81. The Morgan fingerprint density at radius 3 is 1.62 bits per heavy atom. The molecule has 0 fully saturated rings. The first kappa shape index (κ1) is 30.3. The average molecular weight is 666 g/mol. The molecule has 0 saturated heterocycles. The van der Waals surface area contributed by atoms with Gasteiger partial charge in [-0.05, 0) is 105 Å². The highest BCUT2D eigenvalue weighted by Crippen LogP contribution is 2.51. The zero-order chi connectivity index (χ0) is 34.8. The van der Waals surface area contributed by atoms with E-state index in [-0.39, 0.29) is 5.41 Å². The van der Waals surface area contributed by atoms with Crippen molar-refractivity contribution in [3.05, 3.63) is 187 Å². The SMILES string of the molecule is CC1(C)c2cc(-c3ccc(-c4ccc(-c5cccnc5)nc4)cc3)ccc2-c2ccc(-c3cccc(-n4c5ccccc5c5ccccc54)c3)cc21. The highest BCUT2D eigenvalue weighted by Gasteiger charge is 2.36. The summed E-state index contributed by atoms with van der Waals surface area (Å²) < 4.78 is 2.39. The number of para-hydroxylation sites is 2. The van der Waals surface area contributed by atoms with Gasteiger partial charge in [0.25, 0.3) is 0 Å². The van der Waals surface area contributed by atoms with E-state index in [4.69, 9.17) is 4.98 Å². The molecule has 52 heavy (non-hydrogen) atoms. The van der Waals surface area contributed by atoms with Crippen molar-refractivity contribution in [2.75, 3.05) is 0 Å². The zero-order valence-electron chi connectivity index (χ0n) is 29.1. The van der Waals surface area contributed by atoms with Crippen LogP contribution in [-0.4, -0.2) is 14.5 Å². The van der Waals surface area contributed by atoms with Gasteiger partial charge < -0.3 is 4.57 Å². The fourth-order valence-electron chi connectivity index (χ4n) is 8.23. The third kappa shape index (κ3) is 4.81. The number of hydrogen-bond donors (Lipinski definition) is 0. The number of hydrogen-bond acceptors (Lipinski definition) is 2. The second kappa shape index (κ2) is 11.8. The number of rotatable bonds is 5. The van der Waals surface area contributed by atoms with Crippen LogP contribution in [0.3, 0.4) is 0 Å². The van der Waals surface area contributed by atoms with Crippen molar-refractivity contribution >= 4 is 21.8 Å². The minimum atomic E-state index is -0.136. The van der Waals surface area contributed by atoms with Gasteiger partial charge in [0.2, 0.25) is 0 Å². The summed E-state index contributed by atoms with van der Waals surface area (Å²) in [5.74, 6) is 0. The Balaban J connectivity index is 0.957. The molecule has 0 bridgehead atoms. The fourth-order valence-corrected chi connectivity index (χ4v) is 8.23. The van der Waals surface area contributed by atoms with E-state index in [1.54, 1.807) is 6.20 Å².